The Morgan fingerprint density at radius 1 is 1.36 bits per heavy atom. The molecule has 1 aliphatic heterocycles. The van der Waals surface area contributed by atoms with E-state index in [1.54, 1.807) is 30.4 Å². The molecule has 1 amide bonds. The van der Waals surface area contributed by atoms with Crippen molar-refractivity contribution >= 4 is 23.5 Å². The van der Waals surface area contributed by atoms with E-state index in [1.807, 2.05) is 0 Å². The van der Waals surface area contributed by atoms with Crippen LogP contribution in [0.1, 0.15) is 11.1 Å². The molecule has 1 aliphatic rings. The molecule has 22 heavy (non-hydrogen) atoms. The maximum absolute atomic E-state index is 12.2. The number of thioether (sulfide) groups is 1. The summed E-state index contributed by atoms with van der Waals surface area (Å²) in [7, 11) is 0. The quantitative estimate of drug-likeness (QED) is 0.827. The topological polar surface area (TPSA) is 66.9 Å². The van der Waals surface area contributed by atoms with Gasteiger partial charge in [-0.25, -0.2) is 4.98 Å². The molecule has 1 atom stereocenters. The Morgan fingerprint density at radius 3 is 3.09 bits per heavy atom. The van der Waals surface area contributed by atoms with Gasteiger partial charge in [0.1, 0.15) is 5.82 Å². The van der Waals surface area contributed by atoms with Crippen LogP contribution in [0.25, 0.3) is 0 Å². The fraction of sp³-hybridized carbons (Fsp3) is 0.312. The van der Waals surface area contributed by atoms with E-state index in [9.17, 15) is 4.79 Å². The van der Waals surface area contributed by atoms with Gasteiger partial charge >= 0.3 is 0 Å². The van der Waals surface area contributed by atoms with Crippen molar-refractivity contribution in [1.82, 2.24) is 15.3 Å². The maximum Gasteiger partial charge on any atom is 0.233 e. The highest BCUT2D eigenvalue weighted by molar-refractivity contribution is 8.01. The van der Waals surface area contributed by atoms with Crippen LogP contribution in [-0.4, -0.2) is 34.2 Å². The molecule has 6 heteroatoms. The van der Waals surface area contributed by atoms with E-state index < -0.39 is 0 Å². The molecule has 0 spiro atoms. The van der Waals surface area contributed by atoms with Crippen LogP contribution < -0.4 is 10.6 Å². The fourth-order valence-corrected chi connectivity index (χ4v) is 3.68. The SMILES string of the molecule is Cc1ccc2c(c1)S[C@H](C(=O)NCCNc1cnccn1)C2. The van der Waals surface area contributed by atoms with Crippen LogP contribution in [0.15, 0.2) is 41.7 Å². The normalized spacial score (nSPS) is 16.1. The van der Waals surface area contributed by atoms with Crippen molar-refractivity contribution in [2.24, 2.45) is 0 Å². The molecule has 2 heterocycles. The lowest BCUT2D eigenvalue weighted by molar-refractivity contribution is -0.120. The van der Waals surface area contributed by atoms with Crippen molar-refractivity contribution in [2.75, 3.05) is 18.4 Å². The van der Waals surface area contributed by atoms with Crippen LogP contribution >= 0.6 is 11.8 Å². The Hall–Kier alpha value is -2.08. The second-order valence-electron chi connectivity index (χ2n) is 5.23. The largest absolute Gasteiger partial charge is 0.367 e. The number of fused-ring (bicyclic) bond motifs is 1. The smallest absolute Gasteiger partial charge is 0.233 e. The summed E-state index contributed by atoms with van der Waals surface area (Å²) in [4.78, 5) is 21.6. The molecule has 5 nitrogen and oxygen atoms in total. The minimum absolute atomic E-state index is 0.0201. The van der Waals surface area contributed by atoms with Crippen molar-refractivity contribution in [3.63, 3.8) is 0 Å². The van der Waals surface area contributed by atoms with Crippen LogP contribution in [-0.2, 0) is 11.2 Å². The van der Waals surface area contributed by atoms with Crippen LogP contribution in [0.2, 0.25) is 0 Å². The van der Waals surface area contributed by atoms with Gasteiger partial charge in [0, 0.05) is 30.4 Å². The van der Waals surface area contributed by atoms with Gasteiger partial charge in [0.15, 0.2) is 0 Å². The number of carbonyl (C=O) groups excluding carboxylic acids is 1. The molecule has 3 rings (SSSR count). The average molecular weight is 314 g/mol. The molecule has 2 N–H and O–H groups in total. The predicted molar refractivity (Wildman–Crippen MR) is 88.1 cm³/mol. The number of hydrogen-bond acceptors (Lipinski definition) is 5. The van der Waals surface area contributed by atoms with E-state index >= 15 is 0 Å². The lowest BCUT2D eigenvalue weighted by atomic mass is 10.1. The Kier molecular flexibility index (Phi) is 4.58. The van der Waals surface area contributed by atoms with Gasteiger partial charge in [0.2, 0.25) is 5.91 Å². The van der Waals surface area contributed by atoms with Gasteiger partial charge in [0.25, 0.3) is 0 Å². The summed E-state index contributed by atoms with van der Waals surface area (Å²) in [6.07, 6.45) is 5.73. The van der Waals surface area contributed by atoms with E-state index in [0.717, 1.165) is 12.2 Å². The van der Waals surface area contributed by atoms with Crippen molar-refractivity contribution in [3.05, 3.63) is 47.9 Å². The van der Waals surface area contributed by atoms with Gasteiger partial charge in [-0.1, -0.05) is 17.7 Å². The first-order valence-electron chi connectivity index (χ1n) is 7.26. The van der Waals surface area contributed by atoms with E-state index in [4.69, 9.17) is 0 Å². The average Bonchev–Trinajstić information content (AvgIpc) is 2.95. The summed E-state index contributed by atoms with van der Waals surface area (Å²) < 4.78 is 0. The van der Waals surface area contributed by atoms with E-state index in [1.165, 1.54) is 16.0 Å². The maximum atomic E-state index is 12.2. The molecule has 0 saturated heterocycles. The summed E-state index contributed by atoms with van der Waals surface area (Å²) in [6, 6.07) is 6.38. The fourth-order valence-electron chi connectivity index (χ4n) is 2.36. The number of amides is 1. The molecular weight excluding hydrogens is 296 g/mol. The van der Waals surface area contributed by atoms with Crippen molar-refractivity contribution in [1.29, 1.82) is 0 Å². The summed E-state index contributed by atoms with van der Waals surface area (Å²) in [5, 5.41) is 6.07. The van der Waals surface area contributed by atoms with E-state index in [-0.39, 0.29) is 11.2 Å². The summed E-state index contributed by atoms with van der Waals surface area (Å²) in [5.41, 5.74) is 2.51. The number of aryl methyl sites for hydroxylation is 1. The zero-order valence-corrected chi connectivity index (χ0v) is 13.2. The highest BCUT2D eigenvalue weighted by atomic mass is 32.2. The molecule has 0 radical (unpaired) electrons. The minimum Gasteiger partial charge on any atom is -0.367 e. The van der Waals surface area contributed by atoms with Crippen LogP contribution in [0, 0.1) is 6.92 Å². The summed E-state index contributed by atoms with van der Waals surface area (Å²) >= 11 is 1.66. The third-order valence-electron chi connectivity index (χ3n) is 3.48. The molecular formula is C16H18N4OS. The second kappa shape index (κ2) is 6.79. The number of aromatic nitrogens is 2. The number of rotatable bonds is 5. The standard InChI is InChI=1S/C16H18N4OS/c1-11-2-3-12-9-14(22-13(12)8-11)16(21)20-7-6-19-15-10-17-4-5-18-15/h2-5,8,10,14H,6-7,9H2,1H3,(H,18,19)(H,20,21)/t14-/m0/s1. The summed E-state index contributed by atoms with van der Waals surface area (Å²) in [5.74, 6) is 0.815. The first kappa shape index (κ1) is 14.8. The Morgan fingerprint density at radius 2 is 2.27 bits per heavy atom. The van der Waals surface area contributed by atoms with Crippen LogP contribution in [0.3, 0.4) is 0 Å². The molecule has 2 aromatic rings. The molecule has 0 fully saturated rings. The number of carbonyl (C=O) groups is 1. The van der Waals surface area contributed by atoms with Gasteiger partial charge in [-0.05, 0) is 25.0 Å². The number of benzene rings is 1. The number of anilines is 1. The predicted octanol–water partition coefficient (Wildman–Crippen LogP) is 2.03. The third-order valence-corrected chi connectivity index (χ3v) is 4.78. The minimum atomic E-state index is -0.0201. The second-order valence-corrected chi connectivity index (χ2v) is 6.47. The molecule has 0 aliphatic carbocycles. The molecule has 1 aromatic carbocycles. The van der Waals surface area contributed by atoms with Crippen LogP contribution in [0.5, 0.6) is 0 Å². The zero-order valence-electron chi connectivity index (χ0n) is 12.4. The number of nitrogens with one attached hydrogen (secondary N) is 2. The zero-order chi connectivity index (χ0) is 15.4. The van der Waals surface area contributed by atoms with E-state index in [2.05, 4.69) is 45.7 Å². The number of hydrogen-bond donors (Lipinski definition) is 2. The van der Waals surface area contributed by atoms with Crippen molar-refractivity contribution < 1.29 is 4.79 Å². The van der Waals surface area contributed by atoms with Gasteiger partial charge < -0.3 is 10.6 Å². The Balaban J connectivity index is 1.44. The molecule has 0 bridgehead atoms. The third kappa shape index (κ3) is 3.57. The Labute approximate surface area is 133 Å². The van der Waals surface area contributed by atoms with Crippen LogP contribution in [0.4, 0.5) is 5.82 Å². The molecule has 1 aromatic heterocycles. The van der Waals surface area contributed by atoms with Gasteiger partial charge in [-0.15, -0.1) is 11.8 Å². The molecule has 0 saturated carbocycles. The Bertz CT molecular complexity index is 662. The summed E-state index contributed by atoms with van der Waals surface area (Å²) in [6.45, 7) is 3.28. The monoisotopic (exact) mass is 314 g/mol. The lowest BCUT2D eigenvalue weighted by Crippen LogP contribution is -2.35. The molecule has 0 unspecified atom stereocenters. The van der Waals surface area contributed by atoms with Crippen molar-refractivity contribution in [3.8, 4) is 0 Å². The molecule has 114 valence electrons. The van der Waals surface area contributed by atoms with Gasteiger partial charge in [-0.3, -0.25) is 9.78 Å². The van der Waals surface area contributed by atoms with Gasteiger partial charge in [-0.2, -0.15) is 0 Å². The highest BCUT2D eigenvalue weighted by Gasteiger charge is 2.27. The van der Waals surface area contributed by atoms with E-state index in [0.29, 0.717) is 13.1 Å². The lowest BCUT2D eigenvalue weighted by Gasteiger charge is -2.10. The first-order valence-corrected chi connectivity index (χ1v) is 8.14. The first-order chi connectivity index (χ1) is 10.7. The van der Waals surface area contributed by atoms with Gasteiger partial charge in [0.05, 0.1) is 11.4 Å². The number of nitrogens with zero attached hydrogens (tertiary/aromatic N) is 2. The highest BCUT2D eigenvalue weighted by Crippen LogP contribution is 2.37. The van der Waals surface area contributed by atoms with Crippen molar-refractivity contribution in [2.45, 2.75) is 23.5 Å².